The summed E-state index contributed by atoms with van der Waals surface area (Å²) >= 11 is 0. The van der Waals surface area contributed by atoms with Crippen LogP contribution in [0.15, 0.2) is 0 Å². The van der Waals surface area contributed by atoms with E-state index in [1.165, 1.54) is 0 Å². The molecule has 0 rings (SSSR count). The summed E-state index contributed by atoms with van der Waals surface area (Å²) in [5, 5.41) is 11.9. The van der Waals surface area contributed by atoms with Gasteiger partial charge < -0.3 is 16.0 Å². The van der Waals surface area contributed by atoms with Crippen LogP contribution in [0.2, 0.25) is 0 Å². The van der Waals surface area contributed by atoms with Gasteiger partial charge in [0, 0.05) is 0 Å². The molecule has 1 radical (unpaired) electrons. The van der Waals surface area contributed by atoms with Crippen molar-refractivity contribution in [3.63, 3.8) is 0 Å². The smallest absolute Gasteiger partial charge is 0.663 e. The Morgan fingerprint density at radius 2 is 0.562 bits per heavy atom. The zero-order valence-corrected chi connectivity index (χ0v) is 14.5. The molecule has 0 aromatic carbocycles. The Morgan fingerprint density at radius 1 is 0.438 bits per heavy atom. The minimum Gasteiger partial charge on any atom is -0.663 e. The third-order valence-electron chi connectivity index (χ3n) is 1.34. The van der Waals surface area contributed by atoms with Gasteiger partial charge in [0.15, 0.2) is 0 Å². The molecule has 0 fully saturated rings. The van der Waals surface area contributed by atoms with Crippen LogP contribution >= 0.6 is 0 Å². The Balaban J connectivity index is -0.0000000655. The van der Waals surface area contributed by atoms with Crippen LogP contribution in [0.25, 0.3) is 16.0 Å². The Labute approximate surface area is 123 Å². The van der Waals surface area contributed by atoms with Gasteiger partial charge in [0.2, 0.25) is 0 Å². The fourth-order valence-corrected chi connectivity index (χ4v) is 0.671. The standard InChI is InChI=1S/3C4H10N.Zr/c3*1-3-5-4-2;/h3*3-4H2,1-2H3;/q3*-1;+3. The zero-order valence-electron chi connectivity index (χ0n) is 12.1. The Hall–Kier alpha value is 0.763. The molecule has 0 unspecified atom stereocenters. The van der Waals surface area contributed by atoms with Crippen molar-refractivity contribution in [2.24, 2.45) is 0 Å². The molecule has 0 amide bonds. The van der Waals surface area contributed by atoms with Gasteiger partial charge in [0.1, 0.15) is 0 Å². The van der Waals surface area contributed by atoms with Gasteiger partial charge in [0.25, 0.3) is 0 Å². The van der Waals surface area contributed by atoms with Crippen LogP contribution in [-0.4, -0.2) is 39.3 Å². The molecule has 0 saturated carbocycles. The number of rotatable bonds is 6. The average Bonchev–Trinajstić information content (AvgIpc) is 2.23. The predicted octanol–water partition coefficient (Wildman–Crippen LogP) is 4.20. The summed E-state index contributed by atoms with van der Waals surface area (Å²) in [6.07, 6.45) is 0. The van der Waals surface area contributed by atoms with Crippen molar-refractivity contribution in [2.75, 3.05) is 39.3 Å². The fourth-order valence-electron chi connectivity index (χ4n) is 0.671. The third kappa shape index (κ3) is 61.1. The molecule has 0 spiro atoms. The predicted molar refractivity (Wildman–Crippen MR) is 73.3 cm³/mol. The average molecular weight is 308 g/mol. The molecule has 0 bridgehead atoms. The van der Waals surface area contributed by atoms with Crippen LogP contribution < -0.4 is 0 Å². The third-order valence-corrected chi connectivity index (χ3v) is 1.34. The van der Waals surface area contributed by atoms with E-state index in [-0.39, 0.29) is 26.2 Å². The van der Waals surface area contributed by atoms with E-state index in [1.54, 1.807) is 0 Å². The second kappa shape index (κ2) is 36.0. The number of nitrogens with zero attached hydrogens (tertiary/aromatic N) is 3. The van der Waals surface area contributed by atoms with Crippen LogP contribution in [-0.2, 0) is 26.2 Å². The van der Waals surface area contributed by atoms with Gasteiger partial charge in [-0.2, -0.15) is 39.3 Å². The number of hydrogen-bond acceptors (Lipinski definition) is 0. The van der Waals surface area contributed by atoms with Crippen LogP contribution in [0.1, 0.15) is 41.5 Å². The van der Waals surface area contributed by atoms with Gasteiger partial charge >= 0.3 is 26.2 Å². The summed E-state index contributed by atoms with van der Waals surface area (Å²) in [7, 11) is 0. The summed E-state index contributed by atoms with van der Waals surface area (Å²) in [6, 6.07) is 0. The molecular weight excluding hydrogens is 277 g/mol. The van der Waals surface area contributed by atoms with Gasteiger partial charge in [0.05, 0.1) is 0 Å². The summed E-state index contributed by atoms with van der Waals surface area (Å²) < 4.78 is 0. The molecule has 97 valence electrons. The van der Waals surface area contributed by atoms with Crippen LogP contribution in [0.5, 0.6) is 0 Å². The first-order chi connectivity index (χ1) is 7.24. The summed E-state index contributed by atoms with van der Waals surface area (Å²) in [5.41, 5.74) is 0. The molecule has 0 heterocycles. The Bertz CT molecular complexity index is 53.0. The second-order valence-electron chi connectivity index (χ2n) is 2.57. The maximum absolute atomic E-state index is 3.97. The maximum Gasteiger partial charge on any atom is 3.00 e. The first-order valence-electron chi connectivity index (χ1n) is 6.14. The van der Waals surface area contributed by atoms with Gasteiger partial charge in [-0.3, -0.25) is 0 Å². The SMILES string of the molecule is CC[N-]CC.CC[N-]CC.CC[N-]CC.[Zr+3]. The summed E-state index contributed by atoms with van der Waals surface area (Å²) in [6.45, 7) is 18.1. The first kappa shape index (κ1) is 25.6. The molecule has 16 heavy (non-hydrogen) atoms. The minimum absolute atomic E-state index is 0. The van der Waals surface area contributed by atoms with E-state index in [4.69, 9.17) is 0 Å². The van der Waals surface area contributed by atoms with Crippen molar-refractivity contribution in [2.45, 2.75) is 41.5 Å². The molecule has 0 aliphatic heterocycles. The molecule has 0 atom stereocenters. The molecule has 0 N–H and O–H groups in total. The topological polar surface area (TPSA) is 42.3 Å². The summed E-state index contributed by atoms with van der Waals surface area (Å²) in [4.78, 5) is 0. The monoisotopic (exact) mass is 306 g/mol. The fraction of sp³-hybridized carbons (Fsp3) is 1.00. The molecule has 3 nitrogen and oxygen atoms in total. The zero-order chi connectivity index (χ0) is 12.4. The van der Waals surface area contributed by atoms with E-state index in [9.17, 15) is 0 Å². The molecule has 0 saturated heterocycles. The molecule has 0 aliphatic carbocycles. The van der Waals surface area contributed by atoms with E-state index in [0.29, 0.717) is 0 Å². The molecule has 0 aliphatic rings. The Kier molecular flexibility index (Phi) is 57.6. The van der Waals surface area contributed by atoms with Gasteiger partial charge in [-0.15, -0.1) is 0 Å². The van der Waals surface area contributed by atoms with Gasteiger partial charge in [-0.1, -0.05) is 41.5 Å². The van der Waals surface area contributed by atoms with E-state index >= 15 is 0 Å². The molecular formula is C12H30N3Zr. The minimum atomic E-state index is 0. The van der Waals surface area contributed by atoms with E-state index < -0.39 is 0 Å². The maximum atomic E-state index is 3.97. The molecule has 0 aromatic heterocycles. The van der Waals surface area contributed by atoms with Crippen LogP contribution in [0, 0.1) is 0 Å². The van der Waals surface area contributed by atoms with Gasteiger partial charge in [-0.05, 0) is 0 Å². The second-order valence-corrected chi connectivity index (χ2v) is 2.57. The molecule has 0 aromatic rings. The Morgan fingerprint density at radius 3 is 0.562 bits per heavy atom. The first-order valence-corrected chi connectivity index (χ1v) is 6.14. The normalized spacial score (nSPS) is 7.88. The van der Waals surface area contributed by atoms with Gasteiger partial charge in [-0.25, -0.2) is 0 Å². The van der Waals surface area contributed by atoms with E-state index in [0.717, 1.165) is 39.3 Å². The quantitative estimate of drug-likeness (QED) is 0.706. The van der Waals surface area contributed by atoms with Crippen molar-refractivity contribution >= 4 is 0 Å². The summed E-state index contributed by atoms with van der Waals surface area (Å²) in [5.74, 6) is 0. The van der Waals surface area contributed by atoms with Crippen molar-refractivity contribution < 1.29 is 26.2 Å². The van der Waals surface area contributed by atoms with Crippen LogP contribution in [0.3, 0.4) is 0 Å². The van der Waals surface area contributed by atoms with Crippen molar-refractivity contribution in [1.82, 2.24) is 0 Å². The van der Waals surface area contributed by atoms with E-state index in [2.05, 4.69) is 16.0 Å². The largest absolute Gasteiger partial charge is 3.00 e. The van der Waals surface area contributed by atoms with Crippen LogP contribution in [0.4, 0.5) is 0 Å². The number of hydrogen-bond donors (Lipinski definition) is 0. The van der Waals surface area contributed by atoms with Crippen molar-refractivity contribution in [3.05, 3.63) is 16.0 Å². The van der Waals surface area contributed by atoms with Crippen molar-refractivity contribution in [3.8, 4) is 0 Å². The molecule has 4 heteroatoms. The van der Waals surface area contributed by atoms with E-state index in [1.807, 2.05) is 41.5 Å². The van der Waals surface area contributed by atoms with Crippen molar-refractivity contribution in [1.29, 1.82) is 0 Å².